The molecule has 142 valence electrons. The number of carbonyl (C=O) groups is 1. The fourth-order valence-electron chi connectivity index (χ4n) is 3.46. The molecular weight excluding hydrogens is 348 g/mol. The topological polar surface area (TPSA) is 80.3 Å². The number of nitrogens with zero attached hydrogens (tertiary/aromatic N) is 1. The molecule has 2 aromatic rings. The maximum Gasteiger partial charge on any atom is 0.321 e. The lowest BCUT2D eigenvalue weighted by molar-refractivity contribution is -0.0158. The average molecular weight is 370 g/mol. The quantitative estimate of drug-likeness (QED) is 0.868. The van der Waals surface area contributed by atoms with Crippen molar-refractivity contribution >= 4 is 11.7 Å². The second-order valence-corrected chi connectivity index (χ2v) is 6.75. The van der Waals surface area contributed by atoms with Crippen LogP contribution in [0.5, 0.6) is 17.2 Å². The van der Waals surface area contributed by atoms with Crippen LogP contribution < -0.4 is 19.5 Å². The number of ether oxygens (including phenoxy) is 3. The zero-order valence-corrected chi connectivity index (χ0v) is 15.1. The number of benzene rings is 2. The second-order valence-electron chi connectivity index (χ2n) is 6.75. The molecule has 0 bridgehead atoms. The molecule has 0 radical (unpaired) electrons. The van der Waals surface area contributed by atoms with Crippen LogP contribution in [-0.2, 0) is 5.60 Å². The number of hydrogen-bond acceptors (Lipinski definition) is 5. The van der Waals surface area contributed by atoms with E-state index in [4.69, 9.17) is 14.2 Å². The number of amides is 2. The van der Waals surface area contributed by atoms with E-state index in [2.05, 4.69) is 5.32 Å². The Labute approximate surface area is 157 Å². The Morgan fingerprint density at radius 2 is 1.93 bits per heavy atom. The molecule has 0 atom stereocenters. The van der Waals surface area contributed by atoms with E-state index < -0.39 is 5.60 Å². The van der Waals surface area contributed by atoms with Crippen molar-refractivity contribution in [2.75, 3.05) is 32.3 Å². The van der Waals surface area contributed by atoms with Gasteiger partial charge in [0.2, 0.25) is 6.79 Å². The fraction of sp³-hybridized carbons (Fsp3) is 0.350. The normalized spacial score (nSPS) is 17.5. The Balaban J connectivity index is 1.39. The molecule has 7 heteroatoms. The van der Waals surface area contributed by atoms with Gasteiger partial charge in [0, 0.05) is 24.8 Å². The number of anilines is 1. The summed E-state index contributed by atoms with van der Waals surface area (Å²) in [7, 11) is 1.59. The lowest BCUT2D eigenvalue weighted by atomic mass is 9.84. The number of likely N-dealkylation sites (tertiary alicyclic amines) is 1. The Morgan fingerprint density at radius 1 is 1.15 bits per heavy atom. The van der Waals surface area contributed by atoms with Gasteiger partial charge < -0.3 is 29.5 Å². The summed E-state index contributed by atoms with van der Waals surface area (Å²) < 4.78 is 15.9. The van der Waals surface area contributed by atoms with Crippen LogP contribution in [0.25, 0.3) is 0 Å². The number of piperidine rings is 1. The molecule has 2 aliphatic heterocycles. The number of carbonyl (C=O) groups excluding carboxylic acids is 1. The summed E-state index contributed by atoms with van der Waals surface area (Å²) in [6, 6.07) is 12.5. The molecule has 7 nitrogen and oxygen atoms in total. The highest BCUT2D eigenvalue weighted by Gasteiger charge is 2.36. The summed E-state index contributed by atoms with van der Waals surface area (Å²) in [4.78, 5) is 14.2. The Hall–Kier alpha value is -2.93. The first-order valence-corrected chi connectivity index (χ1v) is 8.90. The van der Waals surface area contributed by atoms with E-state index >= 15 is 0 Å². The standard InChI is InChI=1S/C20H22N2O5/c1-25-16-4-2-3-15(12-16)21-19(23)22-9-7-20(24,8-10-22)14-5-6-17-18(11-14)27-13-26-17/h2-6,11-12,24H,7-10,13H2,1H3,(H,21,23). The van der Waals surface area contributed by atoms with E-state index in [0.29, 0.717) is 48.9 Å². The molecule has 2 aliphatic rings. The lowest BCUT2D eigenvalue weighted by Crippen LogP contribution is -2.46. The second kappa shape index (κ2) is 7.00. The van der Waals surface area contributed by atoms with Gasteiger partial charge in [0.25, 0.3) is 0 Å². The molecule has 27 heavy (non-hydrogen) atoms. The van der Waals surface area contributed by atoms with Crippen LogP contribution in [0.1, 0.15) is 18.4 Å². The van der Waals surface area contributed by atoms with E-state index in [9.17, 15) is 9.90 Å². The summed E-state index contributed by atoms with van der Waals surface area (Å²) in [6.07, 6.45) is 0.913. The third-order valence-corrected chi connectivity index (χ3v) is 5.11. The van der Waals surface area contributed by atoms with Crippen LogP contribution in [0.2, 0.25) is 0 Å². The van der Waals surface area contributed by atoms with Crippen LogP contribution >= 0.6 is 0 Å². The molecule has 0 aliphatic carbocycles. The molecule has 2 aromatic carbocycles. The molecule has 0 saturated carbocycles. The predicted octanol–water partition coefficient (Wildman–Crippen LogP) is 2.94. The van der Waals surface area contributed by atoms with Crippen LogP contribution in [-0.4, -0.2) is 43.0 Å². The van der Waals surface area contributed by atoms with Crippen LogP contribution in [0, 0.1) is 0 Å². The minimum Gasteiger partial charge on any atom is -0.497 e. The van der Waals surface area contributed by atoms with Crippen molar-refractivity contribution in [1.29, 1.82) is 0 Å². The van der Waals surface area contributed by atoms with Gasteiger partial charge >= 0.3 is 6.03 Å². The van der Waals surface area contributed by atoms with E-state index in [-0.39, 0.29) is 12.8 Å². The van der Waals surface area contributed by atoms with Gasteiger partial charge in [-0.05, 0) is 42.7 Å². The maximum atomic E-state index is 12.5. The molecule has 1 saturated heterocycles. The molecular formula is C20H22N2O5. The first kappa shape index (κ1) is 17.5. The average Bonchev–Trinajstić information content (AvgIpc) is 3.16. The summed E-state index contributed by atoms with van der Waals surface area (Å²) in [5.74, 6) is 2.03. The van der Waals surface area contributed by atoms with Gasteiger partial charge in [-0.15, -0.1) is 0 Å². The first-order valence-electron chi connectivity index (χ1n) is 8.90. The highest BCUT2D eigenvalue weighted by molar-refractivity contribution is 5.89. The Kier molecular flexibility index (Phi) is 4.53. The number of nitrogens with one attached hydrogen (secondary N) is 1. The molecule has 1 fully saturated rings. The van der Waals surface area contributed by atoms with E-state index in [1.807, 2.05) is 36.4 Å². The number of aliphatic hydroxyl groups is 1. The molecule has 2 heterocycles. The first-order chi connectivity index (χ1) is 13.1. The van der Waals surface area contributed by atoms with Gasteiger partial charge in [-0.1, -0.05) is 12.1 Å². The van der Waals surface area contributed by atoms with Crippen molar-refractivity contribution in [1.82, 2.24) is 4.90 Å². The zero-order chi connectivity index (χ0) is 18.9. The van der Waals surface area contributed by atoms with E-state index in [1.165, 1.54) is 0 Å². The van der Waals surface area contributed by atoms with Gasteiger partial charge in [0.05, 0.1) is 12.7 Å². The monoisotopic (exact) mass is 370 g/mol. The minimum absolute atomic E-state index is 0.184. The van der Waals surface area contributed by atoms with Crippen LogP contribution in [0.3, 0.4) is 0 Å². The molecule has 0 unspecified atom stereocenters. The highest BCUT2D eigenvalue weighted by atomic mass is 16.7. The van der Waals surface area contributed by atoms with Gasteiger partial charge in [-0.3, -0.25) is 0 Å². The minimum atomic E-state index is -0.978. The molecule has 2 N–H and O–H groups in total. The highest BCUT2D eigenvalue weighted by Crippen LogP contribution is 2.39. The van der Waals surface area contributed by atoms with Gasteiger partial charge in [0.1, 0.15) is 5.75 Å². The van der Waals surface area contributed by atoms with Crippen LogP contribution in [0.4, 0.5) is 10.5 Å². The number of rotatable bonds is 3. The number of methoxy groups -OCH3 is 1. The maximum absolute atomic E-state index is 12.5. The number of hydrogen-bond donors (Lipinski definition) is 2. The predicted molar refractivity (Wildman–Crippen MR) is 99.3 cm³/mol. The summed E-state index contributed by atoms with van der Waals surface area (Å²) in [5, 5.41) is 13.9. The lowest BCUT2D eigenvalue weighted by Gasteiger charge is -2.38. The van der Waals surface area contributed by atoms with Crippen molar-refractivity contribution in [2.24, 2.45) is 0 Å². The van der Waals surface area contributed by atoms with E-state index in [0.717, 1.165) is 5.56 Å². The largest absolute Gasteiger partial charge is 0.497 e. The van der Waals surface area contributed by atoms with Crippen molar-refractivity contribution < 1.29 is 24.1 Å². The summed E-state index contributed by atoms with van der Waals surface area (Å²) in [6.45, 7) is 1.12. The van der Waals surface area contributed by atoms with Gasteiger partial charge in [-0.2, -0.15) is 0 Å². The Bertz CT molecular complexity index is 846. The van der Waals surface area contributed by atoms with Crippen molar-refractivity contribution in [3.63, 3.8) is 0 Å². The molecule has 4 rings (SSSR count). The molecule has 0 aromatic heterocycles. The van der Waals surface area contributed by atoms with E-state index in [1.54, 1.807) is 18.1 Å². The van der Waals surface area contributed by atoms with Gasteiger partial charge in [0.15, 0.2) is 11.5 Å². The smallest absolute Gasteiger partial charge is 0.321 e. The fourth-order valence-corrected chi connectivity index (χ4v) is 3.46. The van der Waals surface area contributed by atoms with Crippen molar-refractivity contribution in [3.8, 4) is 17.2 Å². The number of urea groups is 1. The number of fused-ring (bicyclic) bond motifs is 1. The van der Waals surface area contributed by atoms with Crippen molar-refractivity contribution in [2.45, 2.75) is 18.4 Å². The summed E-state index contributed by atoms with van der Waals surface area (Å²) in [5.41, 5.74) is 0.490. The van der Waals surface area contributed by atoms with Crippen LogP contribution in [0.15, 0.2) is 42.5 Å². The molecule has 2 amide bonds. The zero-order valence-electron chi connectivity index (χ0n) is 15.1. The molecule has 0 spiro atoms. The SMILES string of the molecule is COc1cccc(NC(=O)N2CCC(O)(c3ccc4c(c3)OCO4)CC2)c1. The van der Waals surface area contributed by atoms with Crippen molar-refractivity contribution in [3.05, 3.63) is 48.0 Å². The summed E-state index contributed by atoms with van der Waals surface area (Å²) >= 11 is 0. The van der Waals surface area contributed by atoms with Gasteiger partial charge in [-0.25, -0.2) is 4.79 Å². The third-order valence-electron chi connectivity index (χ3n) is 5.11. The Morgan fingerprint density at radius 3 is 2.70 bits per heavy atom. The third kappa shape index (κ3) is 3.50.